The number of hydrogen-bond acceptors (Lipinski definition) is 3. The van der Waals surface area contributed by atoms with E-state index in [1.54, 1.807) is 25.1 Å². The van der Waals surface area contributed by atoms with Gasteiger partial charge in [-0.05, 0) is 36.8 Å². The van der Waals surface area contributed by atoms with Crippen molar-refractivity contribution in [1.29, 1.82) is 0 Å². The molecule has 1 atom stereocenters. The number of benzene rings is 2. The second-order valence-electron chi connectivity index (χ2n) is 4.40. The van der Waals surface area contributed by atoms with Crippen LogP contribution in [-0.4, -0.2) is 10.1 Å². The Balaban J connectivity index is 2.11. The molecule has 0 radical (unpaired) electrons. The molecule has 96 valence electrons. The first-order valence-electron chi connectivity index (χ1n) is 5.98. The summed E-state index contributed by atoms with van der Waals surface area (Å²) in [6.07, 6.45) is -0.702. The third-order valence-electron chi connectivity index (χ3n) is 3.00. The number of hydrogen-bond donors (Lipinski definition) is 1. The van der Waals surface area contributed by atoms with Crippen LogP contribution in [0.25, 0.3) is 22.6 Å². The molecule has 19 heavy (non-hydrogen) atoms. The molecule has 1 N–H and O–H groups in total. The van der Waals surface area contributed by atoms with Crippen LogP contribution in [0.15, 0.2) is 46.9 Å². The van der Waals surface area contributed by atoms with Gasteiger partial charge in [-0.3, -0.25) is 0 Å². The zero-order valence-electron chi connectivity index (χ0n) is 10.3. The van der Waals surface area contributed by atoms with Crippen molar-refractivity contribution < 1.29 is 13.9 Å². The molecule has 3 nitrogen and oxygen atoms in total. The Bertz CT molecular complexity index is 701. The molecule has 0 spiro atoms. The molecule has 1 aromatic heterocycles. The fraction of sp³-hybridized carbons (Fsp3) is 0.133. The Morgan fingerprint density at radius 1 is 1.21 bits per heavy atom. The van der Waals surface area contributed by atoms with Gasteiger partial charge < -0.3 is 9.52 Å². The van der Waals surface area contributed by atoms with Crippen LogP contribution in [-0.2, 0) is 0 Å². The highest BCUT2D eigenvalue weighted by Gasteiger charge is 2.14. The molecule has 0 saturated heterocycles. The molecule has 0 aliphatic heterocycles. The Kier molecular flexibility index (Phi) is 2.80. The van der Waals surface area contributed by atoms with Gasteiger partial charge in [-0.25, -0.2) is 9.37 Å². The smallest absolute Gasteiger partial charge is 0.230 e. The Labute approximate surface area is 109 Å². The van der Waals surface area contributed by atoms with E-state index in [-0.39, 0.29) is 5.89 Å². The van der Waals surface area contributed by atoms with Crippen molar-refractivity contribution >= 4 is 11.1 Å². The van der Waals surface area contributed by atoms with E-state index in [1.165, 1.54) is 6.07 Å². The van der Waals surface area contributed by atoms with Crippen LogP contribution in [0.2, 0.25) is 0 Å². The number of halogens is 1. The molecule has 0 fully saturated rings. The van der Waals surface area contributed by atoms with Crippen LogP contribution in [0.4, 0.5) is 4.39 Å². The summed E-state index contributed by atoms with van der Waals surface area (Å²) in [5, 5.41) is 9.42. The van der Waals surface area contributed by atoms with Gasteiger partial charge in [0.25, 0.3) is 0 Å². The molecular weight excluding hydrogens is 245 g/mol. The van der Waals surface area contributed by atoms with Crippen molar-refractivity contribution in [1.82, 2.24) is 4.98 Å². The topological polar surface area (TPSA) is 46.3 Å². The van der Waals surface area contributed by atoms with Crippen molar-refractivity contribution in [3.05, 3.63) is 53.8 Å². The predicted molar refractivity (Wildman–Crippen MR) is 70.0 cm³/mol. The lowest BCUT2D eigenvalue weighted by atomic mass is 10.1. The molecule has 0 saturated carbocycles. The largest absolute Gasteiger partial charge is 0.436 e. The van der Waals surface area contributed by atoms with Gasteiger partial charge in [0, 0.05) is 0 Å². The maximum Gasteiger partial charge on any atom is 0.230 e. The Morgan fingerprint density at radius 3 is 2.68 bits per heavy atom. The monoisotopic (exact) mass is 257 g/mol. The maximum absolute atomic E-state index is 14.0. The number of aliphatic hydroxyl groups excluding tert-OH is 1. The summed E-state index contributed by atoms with van der Waals surface area (Å²) in [5.41, 5.74) is 2.13. The predicted octanol–water partition coefficient (Wildman–Crippen LogP) is 3.69. The number of aromatic nitrogens is 1. The van der Waals surface area contributed by atoms with Crippen LogP contribution >= 0.6 is 0 Å². The summed E-state index contributed by atoms with van der Waals surface area (Å²) in [6.45, 7) is 1.59. The summed E-state index contributed by atoms with van der Waals surface area (Å²) < 4.78 is 19.5. The van der Waals surface area contributed by atoms with Crippen LogP contribution in [0.1, 0.15) is 18.6 Å². The van der Waals surface area contributed by atoms with Crippen molar-refractivity contribution in [2.24, 2.45) is 0 Å². The number of rotatable bonds is 2. The average molecular weight is 257 g/mol. The highest BCUT2D eigenvalue weighted by Crippen LogP contribution is 2.27. The minimum absolute atomic E-state index is 0.246. The summed E-state index contributed by atoms with van der Waals surface area (Å²) in [6, 6.07) is 11.8. The van der Waals surface area contributed by atoms with E-state index in [0.717, 1.165) is 0 Å². The van der Waals surface area contributed by atoms with E-state index < -0.39 is 11.9 Å². The zero-order valence-corrected chi connectivity index (χ0v) is 10.3. The summed E-state index contributed by atoms with van der Waals surface area (Å²) in [5.74, 6) is -0.208. The van der Waals surface area contributed by atoms with Crippen LogP contribution in [0.5, 0.6) is 0 Å². The molecule has 0 aliphatic carbocycles. The quantitative estimate of drug-likeness (QED) is 0.761. The fourth-order valence-electron chi connectivity index (χ4n) is 1.95. The summed E-state index contributed by atoms with van der Waals surface area (Å²) in [7, 11) is 0. The summed E-state index contributed by atoms with van der Waals surface area (Å²) >= 11 is 0. The number of para-hydroxylation sites is 2. The normalized spacial score (nSPS) is 12.8. The molecule has 4 heteroatoms. The second kappa shape index (κ2) is 4.48. The standard InChI is InChI=1S/C15H12FNO2/c1-9(18)10-6-7-11(12(16)8-10)15-17-13-4-2-3-5-14(13)19-15/h2-9,18H,1H3. The molecule has 0 bridgehead atoms. The minimum Gasteiger partial charge on any atom is -0.436 e. The number of aliphatic hydroxyl groups is 1. The molecular formula is C15H12FNO2. The lowest BCUT2D eigenvalue weighted by Gasteiger charge is -2.05. The van der Waals surface area contributed by atoms with Crippen molar-refractivity contribution in [3.8, 4) is 11.5 Å². The van der Waals surface area contributed by atoms with Gasteiger partial charge in [0.2, 0.25) is 5.89 Å². The number of oxazole rings is 1. The van der Waals surface area contributed by atoms with Gasteiger partial charge in [-0.15, -0.1) is 0 Å². The minimum atomic E-state index is -0.702. The van der Waals surface area contributed by atoms with E-state index in [9.17, 15) is 9.50 Å². The highest BCUT2D eigenvalue weighted by atomic mass is 19.1. The molecule has 0 amide bonds. The first kappa shape index (κ1) is 11.9. The lowest BCUT2D eigenvalue weighted by molar-refractivity contribution is 0.199. The van der Waals surface area contributed by atoms with E-state index >= 15 is 0 Å². The van der Waals surface area contributed by atoms with Gasteiger partial charge in [-0.2, -0.15) is 0 Å². The van der Waals surface area contributed by atoms with Gasteiger partial charge >= 0.3 is 0 Å². The lowest BCUT2D eigenvalue weighted by Crippen LogP contribution is -1.93. The molecule has 1 heterocycles. The molecule has 2 aromatic carbocycles. The number of fused-ring (bicyclic) bond motifs is 1. The van der Waals surface area contributed by atoms with E-state index in [0.29, 0.717) is 22.2 Å². The van der Waals surface area contributed by atoms with E-state index in [2.05, 4.69) is 4.98 Å². The third-order valence-corrected chi connectivity index (χ3v) is 3.00. The van der Waals surface area contributed by atoms with E-state index in [4.69, 9.17) is 4.42 Å². The fourth-order valence-corrected chi connectivity index (χ4v) is 1.95. The molecule has 3 aromatic rings. The van der Waals surface area contributed by atoms with Gasteiger partial charge in [-0.1, -0.05) is 18.2 Å². The number of nitrogens with zero attached hydrogens (tertiary/aromatic N) is 1. The molecule has 1 unspecified atom stereocenters. The first-order chi connectivity index (χ1) is 9.15. The first-order valence-corrected chi connectivity index (χ1v) is 5.98. The van der Waals surface area contributed by atoms with Gasteiger partial charge in [0.1, 0.15) is 11.3 Å². The van der Waals surface area contributed by atoms with Crippen molar-refractivity contribution in [2.75, 3.05) is 0 Å². The third kappa shape index (κ3) is 2.11. The van der Waals surface area contributed by atoms with Crippen molar-refractivity contribution in [2.45, 2.75) is 13.0 Å². The van der Waals surface area contributed by atoms with Crippen molar-refractivity contribution in [3.63, 3.8) is 0 Å². The molecule has 3 rings (SSSR count). The van der Waals surface area contributed by atoms with Gasteiger partial charge in [0.15, 0.2) is 5.58 Å². The van der Waals surface area contributed by atoms with Crippen LogP contribution in [0.3, 0.4) is 0 Å². The maximum atomic E-state index is 14.0. The Hall–Kier alpha value is -2.20. The highest BCUT2D eigenvalue weighted by molar-refractivity contribution is 5.76. The Morgan fingerprint density at radius 2 is 2.00 bits per heavy atom. The van der Waals surface area contributed by atoms with Crippen LogP contribution in [0, 0.1) is 5.82 Å². The van der Waals surface area contributed by atoms with E-state index in [1.807, 2.05) is 18.2 Å². The van der Waals surface area contributed by atoms with Crippen LogP contribution < -0.4 is 0 Å². The van der Waals surface area contributed by atoms with Gasteiger partial charge in [0.05, 0.1) is 11.7 Å². The second-order valence-corrected chi connectivity index (χ2v) is 4.40. The average Bonchev–Trinajstić information content (AvgIpc) is 2.81. The SMILES string of the molecule is CC(O)c1ccc(-c2nc3ccccc3o2)c(F)c1. The molecule has 0 aliphatic rings. The zero-order chi connectivity index (χ0) is 13.4. The summed E-state index contributed by atoms with van der Waals surface area (Å²) in [4.78, 5) is 4.25.